The van der Waals surface area contributed by atoms with Crippen molar-refractivity contribution in [3.8, 4) is 11.5 Å². The molecule has 0 atom stereocenters. The minimum atomic E-state index is -0.929. The summed E-state index contributed by atoms with van der Waals surface area (Å²) in [6, 6.07) is 23.9. The minimum Gasteiger partial charge on any atom is -0.395 e. The van der Waals surface area contributed by atoms with Gasteiger partial charge in [-0.3, -0.25) is 9.59 Å². The Morgan fingerprint density at radius 1 is 0.600 bits per heavy atom. The first-order valence-electron chi connectivity index (χ1n) is 9.32. The number of ketones is 2. The molecule has 5 heteroatoms. The van der Waals surface area contributed by atoms with Gasteiger partial charge in [0, 0.05) is 27.6 Å². The van der Waals surface area contributed by atoms with Crippen molar-refractivity contribution >= 4 is 28.5 Å². The number of hydrogen-bond acceptors (Lipinski definition) is 5. The molecule has 0 radical (unpaired) electrons. The highest BCUT2D eigenvalue weighted by atomic mass is 16.7. The second-order valence-corrected chi connectivity index (χ2v) is 6.84. The van der Waals surface area contributed by atoms with E-state index in [9.17, 15) is 14.4 Å². The monoisotopic (exact) mass is 394 g/mol. The summed E-state index contributed by atoms with van der Waals surface area (Å²) in [7, 11) is 0. The van der Waals surface area contributed by atoms with Crippen LogP contribution in [0.3, 0.4) is 0 Å². The maximum absolute atomic E-state index is 12.8. The maximum Gasteiger partial charge on any atom is 0.519 e. The number of hydrogen-bond donors (Lipinski definition) is 0. The normalized spacial score (nSPS) is 12.3. The van der Waals surface area contributed by atoms with Gasteiger partial charge < -0.3 is 9.47 Å². The summed E-state index contributed by atoms with van der Waals surface area (Å²) in [5.74, 6) is -0.0195. The Labute approximate surface area is 171 Å². The quantitative estimate of drug-likeness (QED) is 0.304. The first-order valence-corrected chi connectivity index (χ1v) is 9.32. The van der Waals surface area contributed by atoms with Crippen molar-refractivity contribution in [2.75, 3.05) is 0 Å². The van der Waals surface area contributed by atoms with E-state index in [4.69, 9.17) is 9.47 Å². The number of rotatable bonds is 2. The largest absolute Gasteiger partial charge is 0.519 e. The van der Waals surface area contributed by atoms with Crippen LogP contribution < -0.4 is 9.47 Å². The molecule has 5 nitrogen and oxygen atoms in total. The molecule has 0 fully saturated rings. The minimum absolute atomic E-state index is 0.125. The second kappa shape index (κ2) is 6.97. The van der Waals surface area contributed by atoms with E-state index in [1.807, 2.05) is 30.3 Å². The first-order chi connectivity index (χ1) is 14.6. The van der Waals surface area contributed by atoms with Crippen molar-refractivity contribution in [2.45, 2.75) is 0 Å². The first kappa shape index (κ1) is 17.8. The Hall–Kier alpha value is -4.25. The fourth-order valence-electron chi connectivity index (χ4n) is 3.63. The third kappa shape index (κ3) is 2.93. The number of benzene rings is 4. The molecular formula is C25H14O5. The van der Waals surface area contributed by atoms with E-state index < -0.39 is 6.16 Å². The van der Waals surface area contributed by atoms with Crippen molar-refractivity contribution in [3.05, 3.63) is 107 Å². The van der Waals surface area contributed by atoms with Crippen LogP contribution in [-0.2, 0) is 0 Å². The van der Waals surface area contributed by atoms with E-state index in [-0.39, 0.29) is 28.4 Å². The van der Waals surface area contributed by atoms with Crippen molar-refractivity contribution in [1.29, 1.82) is 0 Å². The lowest BCUT2D eigenvalue weighted by molar-refractivity contribution is 0.0978. The van der Waals surface area contributed by atoms with Gasteiger partial charge in [-0.1, -0.05) is 60.7 Å². The molecule has 0 bridgehead atoms. The molecule has 0 heterocycles. The fraction of sp³-hybridized carbons (Fsp3) is 0. The predicted molar refractivity (Wildman–Crippen MR) is 110 cm³/mol. The van der Waals surface area contributed by atoms with Gasteiger partial charge in [0.2, 0.25) is 0 Å². The molecule has 144 valence electrons. The van der Waals surface area contributed by atoms with Gasteiger partial charge in [0.25, 0.3) is 0 Å². The van der Waals surface area contributed by atoms with E-state index in [0.29, 0.717) is 16.9 Å². The Morgan fingerprint density at radius 2 is 1.23 bits per heavy atom. The molecule has 0 aliphatic heterocycles. The molecule has 4 aromatic carbocycles. The van der Waals surface area contributed by atoms with Crippen molar-refractivity contribution in [1.82, 2.24) is 0 Å². The Bertz CT molecular complexity index is 1350. The zero-order valence-corrected chi connectivity index (χ0v) is 15.6. The lowest BCUT2D eigenvalue weighted by Gasteiger charge is -2.17. The van der Waals surface area contributed by atoms with Crippen LogP contribution in [0.1, 0.15) is 31.8 Å². The molecule has 0 spiro atoms. The van der Waals surface area contributed by atoms with E-state index in [0.717, 1.165) is 10.8 Å². The van der Waals surface area contributed by atoms with Crippen LogP contribution in [0.2, 0.25) is 0 Å². The maximum atomic E-state index is 12.8. The van der Waals surface area contributed by atoms with Gasteiger partial charge in [-0.15, -0.1) is 0 Å². The van der Waals surface area contributed by atoms with E-state index in [2.05, 4.69) is 0 Å². The SMILES string of the molecule is O=C(Oc1ccc2c(c1)C(=O)c1ccccc1C2=O)Oc1cccc2ccccc12. The van der Waals surface area contributed by atoms with Crippen LogP contribution in [0.4, 0.5) is 4.79 Å². The van der Waals surface area contributed by atoms with Gasteiger partial charge in [-0.05, 0) is 29.7 Å². The summed E-state index contributed by atoms with van der Waals surface area (Å²) < 4.78 is 10.6. The van der Waals surface area contributed by atoms with Crippen LogP contribution in [-0.4, -0.2) is 17.7 Å². The Morgan fingerprint density at radius 3 is 2.03 bits per heavy atom. The smallest absolute Gasteiger partial charge is 0.395 e. The summed E-state index contributed by atoms with van der Waals surface area (Å²) in [6.07, 6.45) is -0.929. The van der Waals surface area contributed by atoms with Crippen molar-refractivity contribution in [2.24, 2.45) is 0 Å². The average Bonchev–Trinajstić information content (AvgIpc) is 2.78. The summed E-state index contributed by atoms with van der Waals surface area (Å²) in [5, 5.41) is 1.71. The Kier molecular flexibility index (Phi) is 4.14. The molecule has 1 aliphatic carbocycles. The number of fused-ring (bicyclic) bond motifs is 3. The predicted octanol–water partition coefficient (Wildman–Crippen LogP) is 5.19. The van der Waals surface area contributed by atoms with Crippen LogP contribution in [0.15, 0.2) is 84.9 Å². The van der Waals surface area contributed by atoms with E-state index in [1.54, 1.807) is 36.4 Å². The zero-order valence-electron chi connectivity index (χ0n) is 15.6. The average molecular weight is 394 g/mol. The standard InChI is InChI=1S/C25H14O5/c26-23-18-9-3-4-10-19(18)24(27)21-14-16(12-13-20(21)23)29-25(28)30-22-11-5-7-15-6-1-2-8-17(15)22/h1-14H. The van der Waals surface area contributed by atoms with Gasteiger partial charge >= 0.3 is 6.16 Å². The van der Waals surface area contributed by atoms with Gasteiger partial charge in [-0.2, -0.15) is 0 Å². The molecular weight excluding hydrogens is 380 g/mol. The van der Waals surface area contributed by atoms with Crippen LogP contribution in [0.25, 0.3) is 10.8 Å². The summed E-state index contributed by atoms with van der Waals surface area (Å²) >= 11 is 0. The Balaban J connectivity index is 1.42. The number of carbonyl (C=O) groups excluding carboxylic acids is 3. The highest BCUT2D eigenvalue weighted by molar-refractivity contribution is 6.28. The van der Waals surface area contributed by atoms with E-state index in [1.165, 1.54) is 18.2 Å². The highest BCUT2D eigenvalue weighted by Gasteiger charge is 2.29. The molecule has 4 aromatic rings. The summed E-state index contributed by atoms with van der Waals surface area (Å²) in [4.78, 5) is 37.8. The molecule has 0 aromatic heterocycles. The summed E-state index contributed by atoms with van der Waals surface area (Å²) in [6.45, 7) is 0. The zero-order chi connectivity index (χ0) is 20.7. The molecule has 0 N–H and O–H groups in total. The van der Waals surface area contributed by atoms with Gasteiger partial charge in [0.15, 0.2) is 11.6 Å². The van der Waals surface area contributed by atoms with Crippen molar-refractivity contribution < 1.29 is 23.9 Å². The molecule has 0 unspecified atom stereocenters. The third-order valence-electron chi connectivity index (χ3n) is 5.04. The highest BCUT2D eigenvalue weighted by Crippen LogP contribution is 2.30. The molecule has 30 heavy (non-hydrogen) atoms. The van der Waals surface area contributed by atoms with Gasteiger partial charge in [0.05, 0.1) is 0 Å². The van der Waals surface area contributed by atoms with Gasteiger partial charge in [-0.25, -0.2) is 4.79 Å². The van der Waals surface area contributed by atoms with Crippen LogP contribution in [0.5, 0.6) is 11.5 Å². The van der Waals surface area contributed by atoms with Crippen LogP contribution in [0, 0.1) is 0 Å². The molecule has 0 saturated carbocycles. The lowest BCUT2D eigenvalue weighted by Crippen LogP contribution is -2.21. The molecule has 1 aliphatic rings. The molecule has 0 saturated heterocycles. The lowest BCUT2D eigenvalue weighted by atomic mass is 9.84. The van der Waals surface area contributed by atoms with Crippen LogP contribution >= 0.6 is 0 Å². The number of carbonyl (C=O) groups is 3. The number of ether oxygens (including phenoxy) is 2. The molecule has 5 rings (SSSR count). The van der Waals surface area contributed by atoms with Gasteiger partial charge in [0.1, 0.15) is 11.5 Å². The third-order valence-corrected chi connectivity index (χ3v) is 5.04. The second-order valence-electron chi connectivity index (χ2n) is 6.84. The molecule has 0 amide bonds. The van der Waals surface area contributed by atoms with Crippen molar-refractivity contribution in [3.63, 3.8) is 0 Å². The fourth-order valence-corrected chi connectivity index (χ4v) is 3.63. The van der Waals surface area contributed by atoms with E-state index >= 15 is 0 Å². The summed E-state index contributed by atoms with van der Waals surface area (Å²) in [5.41, 5.74) is 1.20. The topological polar surface area (TPSA) is 69.7 Å².